The van der Waals surface area contributed by atoms with Crippen LogP contribution in [0.2, 0.25) is 0 Å². The SMILES string of the molecule is O=c1cc(C2CCCN(Cc3cccc(F)c3F)C2)nc(-c2cccnc2)[nH]1. The fourth-order valence-electron chi connectivity index (χ4n) is 3.68. The van der Waals surface area contributed by atoms with E-state index in [4.69, 9.17) is 0 Å². The van der Waals surface area contributed by atoms with Crippen molar-refractivity contribution in [3.05, 3.63) is 82.0 Å². The molecule has 1 saturated heterocycles. The molecular formula is C21H20F2N4O. The van der Waals surface area contributed by atoms with Crippen LogP contribution in [-0.2, 0) is 6.54 Å². The summed E-state index contributed by atoms with van der Waals surface area (Å²) in [7, 11) is 0. The second kappa shape index (κ2) is 7.98. The molecule has 1 unspecified atom stereocenters. The Morgan fingerprint density at radius 3 is 2.93 bits per heavy atom. The molecule has 0 spiro atoms. The van der Waals surface area contributed by atoms with E-state index in [1.165, 1.54) is 12.1 Å². The number of hydrogen-bond acceptors (Lipinski definition) is 4. The third kappa shape index (κ3) is 3.99. The van der Waals surface area contributed by atoms with Crippen molar-refractivity contribution in [1.29, 1.82) is 0 Å². The maximum atomic E-state index is 14.0. The smallest absolute Gasteiger partial charge is 0.251 e. The van der Waals surface area contributed by atoms with Crippen LogP contribution in [0.1, 0.15) is 30.0 Å². The van der Waals surface area contributed by atoms with E-state index >= 15 is 0 Å². The van der Waals surface area contributed by atoms with Crippen LogP contribution in [0.3, 0.4) is 0 Å². The summed E-state index contributed by atoms with van der Waals surface area (Å²) < 4.78 is 27.5. The predicted octanol–water partition coefficient (Wildman–Crippen LogP) is 3.49. The lowest BCUT2D eigenvalue weighted by molar-refractivity contribution is 0.195. The van der Waals surface area contributed by atoms with Crippen LogP contribution in [0.4, 0.5) is 8.78 Å². The van der Waals surface area contributed by atoms with Crippen molar-refractivity contribution in [2.45, 2.75) is 25.3 Å². The molecule has 28 heavy (non-hydrogen) atoms. The monoisotopic (exact) mass is 382 g/mol. The van der Waals surface area contributed by atoms with Crippen LogP contribution in [0, 0.1) is 11.6 Å². The molecule has 144 valence electrons. The van der Waals surface area contributed by atoms with Gasteiger partial charge in [0.1, 0.15) is 5.82 Å². The van der Waals surface area contributed by atoms with Gasteiger partial charge in [-0.1, -0.05) is 12.1 Å². The topological polar surface area (TPSA) is 61.9 Å². The number of H-pyrrole nitrogens is 1. The molecule has 2 aromatic heterocycles. The van der Waals surface area contributed by atoms with Gasteiger partial charge in [-0.15, -0.1) is 0 Å². The summed E-state index contributed by atoms with van der Waals surface area (Å²) in [5.41, 5.74) is 1.59. The van der Waals surface area contributed by atoms with Crippen molar-refractivity contribution in [3.63, 3.8) is 0 Å². The maximum absolute atomic E-state index is 14.0. The molecule has 1 atom stereocenters. The first-order chi connectivity index (χ1) is 13.6. The summed E-state index contributed by atoms with van der Waals surface area (Å²) >= 11 is 0. The molecule has 1 fully saturated rings. The highest BCUT2D eigenvalue weighted by molar-refractivity contribution is 5.52. The van der Waals surface area contributed by atoms with Crippen molar-refractivity contribution >= 4 is 0 Å². The molecule has 0 saturated carbocycles. The summed E-state index contributed by atoms with van der Waals surface area (Å²) in [6.07, 6.45) is 5.11. The molecule has 1 aliphatic rings. The summed E-state index contributed by atoms with van der Waals surface area (Å²) in [6, 6.07) is 9.41. The number of benzene rings is 1. The Morgan fingerprint density at radius 2 is 2.11 bits per heavy atom. The van der Waals surface area contributed by atoms with Crippen LogP contribution in [-0.4, -0.2) is 32.9 Å². The first-order valence-corrected chi connectivity index (χ1v) is 9.27. The highest BCUT2D eigenvalue weighted by Crippen LogP contribution is 2.27. The fraction of sp³-hybridized carbons (Fsp3) is 0.286. The zero-order valence-corrected chi connectivity index (χ0v) is 15.2. The highest BCUT2D eigenvalue weighted by atomic mass is 19.2. The van der Waals surface area contributed by atoms with Gasteiger partial charge in [0.15, 0.2) is 11.6 Å². The van der Waals surface area contributed by atoms with Crippen molar-refractivity contribution in [1.82, 2.24) is 19.9 Å². The molecule has 1 aromatic carbocycles. The highest BCUT2D eigenvalue weighted by Gasteiger charge is 2.24. The van der Waals surface area contributed by atoms with Gasteiger partial charge in [-0.25, -0.2) is 13.8 Å². The molecule has 0 aliphatic carbocycles. The summed E-state index contributed by atoms with van der Waals surface area (Å²) in [6.45, 7) is 1.77. The van der Waals surface area contributed by atoms with Gasteiger partial charge in [0.05, 0.1) is 5.69 Å². The molecule has 3 aromatic rings. The summed E-state index contributed by atoms with van der Waals surface area (Å²) in [5.74, 6) is -1.08. The average Bonchev–Trinajstić information content (AvgIpc) is 2.72. The van der Waals surface area contributed by atoms with Gasteiger partial charge in [0, 0.05) is 48.6 Å². The average molecular weight is 382 g/mol. The van der Waals surface area contributed by atoms with Gasteiger partial charge in [0.25, 0.3) is 5.56 Å². The molecule has 1 N–H and O–H groups in total. The lowest BCUT2D eigenvalue weighted by Crippen LogP contribution is -2.35. The minimum Gasteiger partial charge on any atom is -0.306 e. The van der Waals surface area contributed by atoms with Crippen LogP contribution in [0.25, 0.3) is 11.4 Å². The summed E-state index contributed by atoms with van der Waals surface area (Å²) in [5, 5.41) is 0. The Morgan fingerprint density at radius 1 is 1.21 bits per heavy atom. The molecule has 3 heterocycles. The minimum absolute atomic E-state index is 0.0584. The zero-order chi connectivity index (χ0) is 19.5. The molecule has 4 rings (SSSR count). The lowest BCUT2D eigenvalue weighted by Gasteiger charge is -2.32. The normalized spacial score (nSPS) is 17.6. The Bertz CT molecular complexity index is 1020. The molecule has 0 radical (unpaired) electrons. The van der Waals surface area contributed by atoms with Crippen LogP contribution < -0.4 is 5.56 Å². The fourth-order valence-corrected chi connectivity index (χ4v) is 3.68. The number of halogens is 2. The quantitative estimate of drug-likeness (QED) is 0.750. The second-order valence-corrected chi connectivity index (χ2v) is 7.05. The number of pyridine rings is 1. The molecule has 0 bridgehead atoms. The predicted molar refractivity (Wildman–Crippen MR) is 102 cm³/mol. The van der Waals surface area contributed by atoms with Crippen molar-refractivity contribution in [2.75, 3.05) is 13.1 Å². The van der Waals surface area contributed by atoms with Crippen molar-refractivity contribution in [3.8, 4) is 11.4 Å². The van der Waals surface area contributed by atoms with E-state index < -0.39 is 11.6 Å². The number of piperidine rings is 1. The van der Waals surface area contributed by atoms with Gasteiger partial charge in [0.2, 0.25) is 0 Å². The van der Waals surface area contributed by atoms with Gasteiger partial charge < -0.3 is 4.98 Å². The summed E-state index contributed by atoms with van der Waals surface area (Å²) in [4.78, 5) is 25.7. The Hall–Kier alpha value is -2.93. The van der Waals surface area contributed by atoms with E-state index in [1.54, 1.807) is 24.5 Å². The Kier molecular flexibility index (Phi) is 5.25. The van der Waals surface area contributed by atoms with E-state index in [2.05, 4.69) is 19.9 Å². The van der Waals surface area contributed by atoms with Crippen LogP contribution in [0.5, 0.6) is 0 Å². The second-order valence-electron chi connectivity index (χ2n) is 7.05. The number of hydrogen-bond donors (Lipinski definition) is 1. The van der Waals surface area contributed by atoms with E-state index in [0.717, 1.165) is 31.0 Å². The van der Waals surface area contributed by atoms with Gasteiger partial charge >= 0.3 is 0 Å². The largest absolute Gasteiger partial charge is 0.306 e. The number of likely N-dealkylation sites (tertiary alicyclic amines) is 1. The standard InChI is InChI=1S/C21H20F2N4O/c22-17-7-1-4-16(20(17)23)13-27-9-3-6-15(12-27)18-10-19(28)26-21(25-18)14-5-2-8-24-11-14/h1-2,4-5,7-8,10-11,15H,3,6,9,12-13H2,(H,25,26,28). The third-order valence-corrected chi connectivity index (χ3v) is 5.05. The van der Waals surface area contributed by atoms with E-state index in [1.807, 2.05) is 6.07 Å². The van der Waals surface area contributed by atoms with Crippen LogP contribution >= 0.6 is 0 Å². The van der Waals surface area contributed by atoms with Gasteiger partial charge in [-0.05, 0) is 37.6 Å². The van der Waals surface area contributed by atoms with Crippen molar-refractivity contribution in [2.24, 2.45) is 0 Å². The van der Waals surface area contributed by atoms with E-state index in [-0.39, 0.29) is 11.5 Å². The molecule has 7 heteroatoms. The number of nitrogens with zero attached hydrogens (tertiary/aromatic N) is 3. The van der Waals surface area contributed by atoms with Crippen molar-refractivity contribution < 1.29 is 8.78 Å². The Labute approximate surface area is 161 Å². The van der Waals surface area contributed by atoms with Gasteiger partial charge in [-0.3, -0.25) is 14.7 Å². The number of rotatable bonds is 4. The molecule has 5 nitrogen and oxygen atoms in total. The molecular weight excluding hydrogens is 362 g/mol. The maximum Gasteiger partial charge on any atom is 0.251 e. The van der Waals surface area contributed by atoms with Gasteiger partial charge in [-0.2, -0.15) is 0 Å². The molecule has 1 aliphatic heterocycles. The minimum atomic E-state index is -0.830. The van der Waals surface area contributed by atoms with E-state index in [0.29, 0.717) is 30.2 Å². The number of nitrogens with one attached hydrogen (secondary N) is 1. The first kappa shape index (κ1) is 18.4. The Balaban J connectivity index is 1.56. The third-order valence-electron chi connectivity index (χ3n) is 5.05. The van der Waals surface area contributed by atoms with Crippen LogP contribution in [0.15, 0.2) is 53.6 Å². The lowest BCUT2D eigenvalue weighted by atomic mass is 9.94. The van der Waals surface area contributed by atoms with E-state index in [9.17, 15) is 13.6 Å². The number of aromatic nitrogens is 3. The zero-order valence-electron chi connectivity index (χ0n) is 15.2. The first-order valence-electron chi connectivity index (χ1n) is 9.27. The number of aromatic amines is 1. The molecule has 0 amide bonds.